The molecule has 7 heteroatoms. The summed E-state index contributed by atoms with van der Waals surface area (Å²) >= 11 is 1.37. The van der Waals surface area contributed by atoms with Crippen molar-refractivity contribution in [2.75, 3.05) is 5.75 Å². The Hall–Kier alpha value is -1.89. The predicted molar refractivity (Wildman–Crippen MR) is 94.2 cm³/mol. The molecule has 0 spiro atoms. The maximum atomic E-state index is 12.2. The minimum atomic E-state index is 0.0530. The number of aryl methyl sites for hydroxylation is 1. The third-order valence-corrected chi connectivity index (χ3v) is 5.43. The van der Waals surface area contributed by atoms with E-state index >= 15 is 0 Å². The highest BCUT2D eigenvalue weighted by atomic mass is 32.2. The van der Waals surface area contributed by atoms with Crippen molar-refractivity contribution in [3.05, 3.63) is 29.8 Å². The molecule has 24 heavy (non-hydrogen) atoms. The lowest BCUT2D eigenvalue weighted by molar-refractivity contribution is -0.119. The highest BCUT2D eigenvalue weighted by Gasteiger charge is 2.23. The topological polar surface area (TPSA) is 72.7 Å². The summed E-state index contributed by atoms with van der Waals surface area (Å²) in [4.78, 5) is 12.2. The first kappa shape index (κ1) is 17.0. The minimum Gasteiger partial charge on any atom is -0.352 e. The van der Waals surface area contributed by atoms with Crippen LogP contribution in [-0.2, 0) is 4.79 Å². The predicted octanol–water partition coefficient (Wildman–Crippen LogP) is 2.76. The number of carbonyl (C=O) groups is 1. The average Bonchev–Trinajstić information content (AvgIpc) is 3.04. The number of benzene rings is 1. The molecule has 0 bridgehead atoms. The summed E-state index contributed by atoms with van der Waals surface area (Å²) in [7, 11) is 0. The van der Waals surface area contributed by atoms with Crippen molar-refractivity contribution in [3.8, 4) is 5.69 Å². The van der Waals surface area contributed by atoms with E-state index in [4.69, 9.17) is 0 Å². The van der Waals surface area contributed by atoms with E-state index < -0.39 is 0 Å². The van der Waals surface area contributed by atoms with Gasteiger partial charge in [0.1, 0.15) is 0 Å². The van der Waals surface area contributed by atoms with Gasteiger partial charge < -0.3 is 5.32 Å². The van der Waals surface area contributed by atoms with Crippen molar-refractivity contribution < 1.29 is 4.79 Å². The van der Waals surface area contributed by atoms with Gasteiger partial charge in [-0.05, 0) is 48.2 Å². The molecule has 1 aromatic heterocycles. The van der Waals surface area contributed by atoms with Gasteiger partial charge in [0.15, 0.2) is 0 Å². The zero-order valence-corrected chi connectivity index (χ0v) is 14.9. The van der Waals surface area contributed by atoms with E-state index in [0.29, 0.717) is 22.9 Å². The Bertz CT molecular complexity index is 685. The number of aromatic nitrogens is 4. The van der Waals surface area contributed by atoms with Crippen molar-refractivity contribution in [1.82, 2.24) is 25.5 Å². The highest BCUT2D eigenvalue weighted by molar-refractivity contribution is 7.99. The second-order valence-corrected chi connectivity index (χ2v) is 7.38. The molecule has 1 N–H and O–H groups in total. The van der Waals surface area contributed by atoms with Crippen LogP contribution in [0.5, 0.6) is 0 Å². The van der Waals surface area contributed by atoms with Crippen molar-refractivity contribution in [2.24, 2.45) is 5.92 Å². The Morgan fingerprint density at radius 3 is 2.79 bits per heavy atom. The minimum absolute atomic E-state index is 0.0530. The van der Waals surface area contributed by atoms with E-state index in [9.17, 15) is 4.79 Å². The molecular formula is C17H23N5OS. The third-order valence-electron chi connectivity index (χ3n) is 4.51. The van der Waals surface area contributed by atoms with Crippen molar-refractivity contribution in [2.45, 2.75) is 50.7 Å². The summed E-state index contributed by atoms with van der Waals surface area (Å²) in [6.45, 7) is 4.25. The normalized spacial score (nSPS) is 20.8. The van der Waals surface area contributed by atoms with Crippen LogP contribution in [0, 0.1) is 12.8 Å². The third kappa shape index (κ3) is 4.14. The summed E-state index contributed by atoms with van der Waals surface area (Å²) in [5, 5.41) is 15.6. The maximum Gasteiger partial charge on any atom is 0.230 e. The summed E-state index contributed by atoms with van der Waals surface area (Å²) in [6.07, 6.45) is 4.75. The molecule has 1 aliphatic rings. The van der Waals surface area contributed by atoms with Crippen molar-refractivity contribution in [1.29, 1.82) is 0 Å². The second-order valence-electron chi connectivity index (χ2n) is 6.43. The van der Waals surface area contributed by atoms with Crippen LogP contribution in [0.4, 0.5) is 0 Å². The molecule has 0 aliphatic heterocycles. The van der Waals surface area contributed by atoms with Crippen LogP contribution in [0.3, 0.4) is 0 Å². The average molecular weight is 345 g/mol. The molecule has 128 valence electrons. The zero-order chi connectivity index (χ0) is 16.9. The number of rotatable bonds is 5. The number of thioether (sulfide) groups is 1. The first-order chi connectivity index (χ1) is 11.6. The second kappa shape index (κ2) is 7.79. The lowest BCUT2D eigenvalue weighted by Crippen LogP contribution is -2.41. The monoisotopic (exact) mass is 345 g/mol. The lowest BCUT2D eigenvalue weighted by atomic mass is 9.86. The fourth-order valence-electron chi connectivity index (χ4n) is 3.03. The van der Waals surface area contributed by atoms with Gasteiger partial charge in [0.2, 0.25) is 11.1 Å². The van der Waals surface area contributed by atoms with E-state index in [1.807, 2.05) is 31.2 Å². The number of amides is 1. The molecule has 0 unspecified atom stereocenters. The number of hydrogen-bond donors (Lipinski definition) is 1. The molecule has 2 atom stereocenters. The highest BCUT2D eigenvalue weighted by Crippen LogP contribution is 2.24. The Kier molecular flexibility index (Phi) is 5.50. The Balaban J connectivity index is 1.58. The number of nitrogens with zero attached hydrogens (tertiary/aromatic N) is 4. The fourth-order valence-corrected chi connectivity index (χ4v) is 3.73. The molecule has 1 aliphatic carbocycles. The molecule has 1 amide bonds. The number of tetrazole rings is 1. The largest absolute Gasteiger partial charge is 0.352 e. The van der Waals surface area contributed by atoms with E-state index in [1.165, 1.54) is 36.6 Å². The molecule has 1 heterocycles. The standard InChI is InChI=1S/C17H23N5OS/c1-12-7-9-14(10-8-12)22-17(19-20-21-22)24-11-16(23)18-15-6-4-3-5-13(15)2/h7-10,13,15H,3-6,11H2,1-2H3,(H,18,23)/t13-,15-/m0/s1. The molecule has 3 rings (SSSR count). The number of carbonyl (C=O) groups excluding carboxylic acids is 1. The lowest BCUT2D eigenvalue weighted by Gasteiger charge is -2.29. The summed E-state index contributed by atoms with van der Waals surface area (Å²) in [6, 6.07) is 8.28. The molecule has 0 saturated heterocycles. The summed E-state index contributed by atoms with van der Waals surface area (Å²) in [5.41, 5.74) is 2.08. The number of hydrogen-bond acceptors (Lipinski definition) is 5. The fraction of sp³-hybridized carbons (Fsp3) is 0.529. The van der Waals surface area contributed by atoms with Gasteiger partial charge in [0.25, 0.3) is 0 Å². The summed E-state index contributed by atoms with van der Waals surface area (Å²) < 4.78 is 1.67. The van der Waals surface area contributed by atoms with Gasteiger partial charge in [0, 0.05) is 6.04 Å². The van der Waals surface area contributed by atoms with Crippen LogP contribution < -0.4 is 5.32 Å². The zero-order valence-electron chi connectivity index (χ0n) is 14.1. The van der Waals surface area contributed by atoms with E-state index in [1.54, 1.807) is 4.68 Å². The first-order valence-corrected chi connectivity index (χ1v) is 9.39. The molecular weight excluding hydrogens is 322 g/mol. The Labute approximate surface area is 146 Å². The van der Waals surface area contributed by atoms with Gasteiger partial charge in [-0.2, -0.15) is 4.68 Å². The SMILES string of the molecule is Cc1ccc(-n2nnnc2SCC(=O)N[C@H]2CCCC[C@@H]2C)cc1. The van der Waals surface area contributed by atoms with E-state index in [0.717, 1.165) is 12.1 Å². The van der Waals surface area contributed by atoms with Crippen molar-refractivity contribution in [3.63, 3.8) is 0 Å². The maximum absolute atomic E-state index is 12.2. The molecule has 6 nitrogen and oxygen atoms in total. The van der Waals surface area contributed by atoms with Gasteiger partial charge in [-0.15, -0.1) is 5.10 Å². The Morgan fingerprint density at radius 2 is 2.04 bits per heavy atom. The van der Waals surface area contributed by atoms with Gasteiger partial charge in [-0.25, -0.2) is 0 Å². The van der Waals surface area contributed by atoms with Crippen LogP contribution in [0.25, 0.3) is 5.69 Å². The molecule has 2 aromatic rings. The van der Waals surface area contributed by atoms with Crippen molar-refractivity contribution >= 4 is 17.7 Å². The first-order valence-electron chi connectivity index (χ1n) is 8.41. The van der Waals surface area contributed by atoms with Gasteiger partial charge >= 0.3 is 0 Å². The smallest absolute Gasteiger partial charge is 0.230 e. The van der Waals surface area contributed by atoms with Gasteiger partial charge in [-0.1, -0.05) is 49.2 Å². The van der Waals surface area contributed by atoms with Gasteiger partial charge in [-0.3, -0.25) is 4.79 Å². The Morgan fingerprint density at radius 1 is 1.29 bits per heavy atom. The van der Waals surface area contributed by atoms with Crippen LogP contribution in [-0.4, -0.2) is 37.9 Å². The van der Waals surface area contributed by atoms with Crippen LogP contribution in [0.1, 0.15) is 38.2 Å². The molecule has 0 radical (unpaired) electrons. The van der Waals surface area contributed by atoms with Gasteiger partial charge in [0.05, 0.1) is 11.4 Å². The quantitative estimate of drug-likeness (QED) is 0.844. The molecule has 1 saturated carbocycles. The number of nitrogens with one attached hydrogen (secondary N) is 1. The molecule has 1 fully saturated rings. The molecule has 1 aromatic carbocycles. The van der Waals surface area contributed by atoms with Crippen LogP contribution >= 0.6 is 11.8 Å². The van der Waals surface area contributed by atoms with E-state index in [-0.39, 0.29) is 5.91 Å². The summed E-state index contributed by atoms with van der Waals surface area (Å²) in [5.74, 6) is 0.943. The van der Waals surface area contributed by atoms with Crippen LogP contribution in [0.15, 0.2) is 29.4 Å². The van der Waals surface area contributed by atoms with Crippen LogP contribution in [0.2, 0.25) is 0 Å². The van der Waals surface area contributed by atoms with E-state index in [2.05, 4.69) is 27.8 Å².